The van der Waals surface area contributed by atoms with Gasteiger partial charge in [-0.3, -0.25) is 4.98 Å². The van der Waals surface area contributed by atoms with E-state index in [2.05, 4.69) is 33.6 Å². The van der Waals surface area contributed by atoms with Crippen molar-refractivity contribution >= 4 is 0 Å². The fourth-order valence-corrected chi connectivity index (χ4v) is 1.51. The van der Waals surface area contributed by atoms with Gasteiger partial charge in [0.05, 0.1) is 0 Å². The number of pyridine rings is 1. The SMILES string of the molecule is CC(C)n1cnnc1Cc1cccnc1. The Hall–Kier alpha value is -1.71. The van der Waals surface area contributed by atoms with Gasteiger partial charge in [-0.1, -0.05) is 6.07 Å². The molecule has 2 aromatic heterocycles. The van der Waals surface area contributed by atoms with Crippen LogP contribution in [0, 0.1) is 0 Å². The minimum Gasteiger partial charge on any atom is -0.315 e. The van der Waals surface area contributed by atoms with Crippen LogP contribution < -0.4 is 0 Å². The Kier molecular flexibility index (Phi) is 2.76. The fourth-order valence-electron chi connectivity index (χ4n) is 1.51. The molecular weight excluding hydrogens is 188 g/mol. The third-order valence-electron chi connectivity index (χ3n) is 2.29. The average Bonchev–Trinajstić information content (AvgIpc) is 2.67. The van der Waals surface area contributed by atoms with Crippen LogP contribution in [-0.2, 0) is 6.42 Å². The van der Waals surface area contributed by atoms with Gasteiger partial charge in [0.2, 0.25) is 0 Å². The lowest BCUT2D eigenvalue weighted by atomic mass is 10.2. The summed E-state index contributed by atoms with van der Waals surface area (Å²) in [6.45, 7) is 4.24. The van der Waals surface area contributed by atoms with E-state index in [1.165, 1.54) is 0 Å². The second kappa shape index (κ2) is 4.21. The van der Waals surface area contributed by atoms with Gasteiger partial charge in [-0.15, -0.1) is 10.2 Å². The molecular formula is C11H14N4. The monoisotopic (exact) mass is 202 g/mol. The van der Waals surface area contributed by atoms with Gasteiger partial charge in [0.25, 0.3) is 0 Å². The molecule has 2 aromatic rings. The number of aromatic nitrogens is 4. The first-order valence-electron chi connectivity index (χ1n) is 5.04. The zero-order valence-electron chi connectivity index (χ0n) is 8.96. The lowest BCUT2D eigenvalue weighted by Crippen LogP contribution is -2.06. The molecule has 0 aliphatic carbocycles. The van der Waals surface area contributed by atoms with Gasteiger partial charge in [0.15, 0.2) is 0 Å². The van der Waals surface area contributed by atoms with Gasteiger partial charge in [-0.25, -0.2) is 0 Å². The first-order valence-corrected chi connectivity index (χ1v) is 5.04. The first-order chi connectivity index (χ1) is 7.27. The van der Waals surface area contributed by atoms with E-state index in [1.807, 2.05) is 18.3 Å². The molecule has 0 saturated heterocycles. The molecule has 2 heterocycles. The molecule has 0 saturated carbocycles. The summed E-state index contributed by atoms with van der Waals surface area (Å²) in [5, 5.41) is 8.05. The van der Waals surface area contributed by atoms with Gasteiger partial charge >= 0.3 is 0 Å². The Morgan fingerprint density at radius 2 is 2.27 bits per heavy atom. The maximum atomic E-state index is 4.12. The summed E-state index contributed by atoms with van der Waals surface area (Å²) < 4.78 is 2.08. The normalized spacial score (nSPS) is 10.9. The van der Waals surface area contributed by atoms with Crippen LogP contribution in [0.1, 0.15) is 31.3 Å². The molecule has 0 N–H and O–H groups in total. The van der Waals surface area contributed by atoms with Crippen LogP contribution in [0.2, 0.25) is 0 Å². The van der Waals surface area contributed by atoms with Crippen molar-refractivity contribution in [3.05, 3.63) is 42.2 Å². The summed E-state index contributed by atoms with van der Waals surface area (Å²) in [6.07, 6.45) is 6.19. The zero-order valence-corrected chi connectivity index (χ0v) is 8.96. The van der Waals surface area contributed by atoms with Gasteiger partial charge in [-0.2, -0.15) is 0 Å². The maximum absolute atomic E-state index is 4.12. The molecule has 0 aliphatic heterocycles. The second-order valence-corrected chi connectivity index (χ2v) is 3.79. The van der Waals surface area contributed by atoms with E-state index < -0.39 is 0 Å². The highest BCUT2D eigenvalue weighted by atomic mass is 15.3. The number of nitrogens with zero attached hydrogens (tertiary/aromatic N) is 4. The van der Waals surface area contributed by atoms with Gasteiger partial charge in [0, 0.05) is 24.9 Å². The molecule has 0 aromatic carbocycles. The van der Waals surface area contributed by atoms with E-state index in [0.717, 1.165) is 17.8 Å². The standard InChI is InChI=1S/C11H14N4/c1-9(2)15-8-13-14-11(15)6-10-4-3-5-12-7-10/h3-5,7-9H,6H2,1-2H3. The summed E-state index contributed by atoms with van der Waals surface area (Å²) in [6, 6.07) is 4.38. The van der Waals surface area contributed by atoms with E-state index in [9.17, 15) is 0 Å². The number of rotatable bonds is 3. The first kappa shape index (κ1) is 9.83. The Balaban J connectivity index is 2.21. The highest BCUT2D eigenvalue weighted by Crippen LogP contribution is 2.10. The Labute approximate surface area is 89.0 Å². The predicted molar refractivity (Wildman–Crippen MR) is 57.5 cm³/mol. The van der Waals surface area contributed by atoms with E-state index in [4.69, 9.17) is 0 Å². The quantitative estimate of drug-likeness (QED) is 0.762. The predicted octanol–water partition coefficient (Wildman–Crippen LogP) is 1.84. The molecule has 0 amide bonds. The highest BCUT2D eigenvalue weighted by Gasteiger charge is 2.07. The van der Waals surface area contributed by atoms with Crippen LogP contribution in [0.3, 0.4) is 0 Å². The van der Waals surface area contributed by atoms with Crippen LogP contribution in [0.25, 0.3) is 0 Å². The Morgan fingerprint density at radius 1 is 1.40 bits per heavy atom. The summed E-state index contributed by atoms with van der Waals surface area (Å²) in [5.41, 5.74) is 1.16. The third kappa shape index (κ3) is 2.21. The van der Waals surface area contributed by atoms with Crippen molar-refractivity contribution < 1.29 is 0 Å². The Morgan fingerprint density at radius 3 is 2.93 bits per heavy atom. The Bertz CT molecular complexity index is 419. The topological polar surface area (TPSA) is 43.6 Å². The maximum Gasteiger partial charge on any atom is 0.137 e. The summed E-state index contributed by atoms with van der Waals surface area (Å²) >= 11 is 0. The fraction of sp³-hybridized carbons (Fsp3) is 0.364. The van der Waals surface area contributed by atoms with Crippen LogP contribution in [0.15, 0.2) is 30.9 Å². The third-order valence-corrected chi connectivity index (χ3v) is 2.29. The smallest absolute Gasteiger partial charge is 0.137 e. The van der Waals surface area contributed by atoms with Crippen molar-refractivity contribution in [2.24, 2.45) is 0 Å². The van der Waals surface area contributed by atoms with E-state index >= 15 is 0 Å². The molecule has 4 heteroatoms. The van der Waals surface area contributed by atoms with Crippen molar-refractivity contribution in [1.82, 2.24) is 19.7 Å². The summed E-state index contributed by atoms with van der Waals surface area (Å²) in [7, 11) is 0. The van der Waals surface area contributed by atoms with E-state index in [1.54, 1.807) is 12.5 Å². The summed E-state index contributed by atoms with van der Waals surface area (Å²) in [4.78, 5) is 4.08. The zero-order chi connectivity index (χ0) is 10.7. The van der Waals surface area contributed by atoms with Gasteiger partial charge in [-0.05, 0) is 25.5 Å². The lowest BCUT2D eigenvalue weighted by molar-refractivity contribution is 0.574. The molecule has 15 heavy (non-hydrogen) atoms. The van der Waals surface area contributed by atoms with Crippen molar-refractivity contribution in [2.45, 2.75) is 26.3 Å². The van der Waals surface area contributed by atoms with Crippen molar-refractivity contribution in [3.8, 4) is 0 Å². The summed E-state index contributed by atoms with van der Waals surface area (Å²) in [5.74, 6) is 0.984. The molecule has 2 rings (SSSR count). The van der Waals surface area contributed by atoms with Gasteiger partial charge in [0.1, 0.15) is 12.2 Å². The van der Waals surface area contributed by atoms with Crippen molar-refractivity contribution in [3.63, 3.8) is 0 Å². The van der Waals surface area contributed by atoms with Crippen LogP contribution in [0.4, 0.5) is 0 Å². The van der Waals surface area contributed by atoms with Crippen LogP contribution in [-0.4, -0.2) is 19.7 Å². The molecule has 0 bridgehead atoms. The largest absolute Gasteiger partial charge is 0.315 e. The van der Waals surface area contributed by atoms with E-state index in [-0.39, 0.29) is 0 Å². The molecule has 78 valence electrons. The molecule has 0 aliphatic rings. The molecule has 0 spiro atoms. The number of hydrogen-bond donors (Lipinski definition) is 0. The minimum absolute atomic E-state index is 0.395. The van der Waals surface area contributed by atoms with Crippen molar-refractivity contribution in [1.29, 1.82) is 0 Å². The second-order valence-electron chi connectivity index (χ2n) is 3.79. The lowest BCUT2D eigenvalue weighted by Gasteiger charge is -2.09. The van der Waals surface area contributed by atoms with Crippen LogP contribution in [0.5, 0.6) is 0 Å². The highest BCUT2D eigenvalue weighted by molar-refractivity contribution is 5.14. The number of hydrogen-bond acceptors (Lipinski definition) is 3. The van der Waals surface area contributed by atoms with Gasteiger partial charge < -0.3 is 4.57 Å². The molecule has 0 unspecified atom stereocenters. The van der Waals surface area contributed by atoms with E-state index in [0.29, 0.717) is 6.04 Å². The molecule has 0 atom stereocenters. The van der Waals surface area contributed by atoms with Crippen LogP contribution >= 0.6 is 0 Å². The van der Waals surface area contributed by atoms with Crippen molar-refractivity contribution in [2.75, 3.05) is 0 Å². The molecule has 0 fully saturated rings. The average molecular weight is 202 g/mol. The molecule has 4 nitrogen and oxygen atoms in total. The molecule has 0 radical (unpaired) electrons. The minimum atomic E-state index is 0.395.